The molecule has 1 aromatic heterocycles. The normalized spacial score (nSPS) is 10.7. The Labute approximate surface area is 98.5 Å². The van der Waals surface area contributed by atoms with Gasteiger partial charge in [-0.3, -0.25) is 0 Å². The van der Waals surface area contributed by atoms with Gasteiger partial charge >= 0.3 is 0 Å². The molecule has 1 aromatic carbocycles. The van der Waals surface area contributed by atoms with Crippen molar-refractivity contribution in [3.63, 3.8) is 0 Å². The summed E-state index contributed by atoms with van der Waals surface area (Å²) in [5.74, 6) is 1.05. The van der Waals surface area contributed by atoms with Gasteiger partial charge in [0.15, 0.2) is 0 Å². The van der Waals surface area contributed by atoms with Crippen molar-refractivity contribution in [2.45, 2.75) is 13.3 Å². The van der Waals surface area contributed by atoms with Crippen molar-refractivity contribution in [2.75, 3.05) is 5.88 Å². The summed E-state index contributed by atoms with van der Waals surface area (Å²) in [5.41, 5.74) is 2.06. The van der Waals surface area contributed by atoms with E-state index < -0.39 is 0 Å². The van der Waals surface area contributed by atoms with Gasteiger partial charge in [-0.2, -0.15) is 0 Å². The van der Waals surface area contributed by atoms with E-state index in [4.69, 9.17) is 11.6 Å². The second-order valence-electron chi connectivity index (χ2n) is 3.58. The zero-order valence-corrected chi connectivity index (χ0v) is 9.68. The zero-order chi connectivity index (χ0) is 11.5. The highest BCUT2D eigenvalue weighted by atomic mass is 35.5. The minimum Gasteiger partial charge on any atom is -0.346 e. The Kier molecular flexibility index (Phi) is 3.25. The molecule has 0 fully saturated rings. The van der Waals surface area contributed by atoms with Crippen LogP contribution in [0.2, 0.25) is 0 Å². The van der Waals surface area contributed by atoms with E-state index in [1.54, 1.807) is 18.2 Å². The van der Waals surface area contributed by atoms with Crippen LogP contribution in [0.4, 0.5) is 4.39 Å². The average Bonchev–Trinajstić information content (AvgIpc) is 2.61. The number of imidazole rings is 1. The number of aromatic amines is 1. The van der Waals surface area contributed by atoms with Crippen LogP contribution in [-0.4, -0.2) is 15.8 Å². The average molecular weight is 239 g/mol. The third kappa shape index (κ3) is 2.09. The number of halogens is 2. The summed E-state index contributed by atoms with van der Waals surface area (Å²) >= 11 is 5.64. The van der Waals surface area contributed by atoms with Crippen LogP contribution in [0, 0.1) is 12.7 Å². The van der Waals surface area contributed by atoms with Gasteiger partial charge in [0, 0.05) is 23.6 Å². The largest absolute Gasteiger partial charge is 0.346 e. The number of benzene rings is 1. The van der Waals surface area contributed by atoms with Gasteiger partial charge in [-0.25, -0.2) is 9.37 Å². The molecule has 0 saturated carbocycles. The molecule has 0 saturated heterocycles. The number of hydrogen-bond donors (Lipinski definition) is 1. The lowest BCUT2D eigenvalue weighted by atomic mass is 10.1. The van der Waals surface area contributed by atoms with Crippen LogP contribution in [0.1, 0.15) is 11.5 Å². The lowest BCUT2D eigenvalue weighted by Gasteiger charge is -1.99. The molecule has 4 heteroatoms. The molecule has 0 radical (unpaired) electrons. The lowest BCUT2D eigenvalue weighted by Crippen LogP contribution is -1.89. The molecule has 0 aliphatic carbocycles. The fourth-order valence-electron chi connectivity index (χ4n) is 1.65. The van der Waals surface area contributed by atoms with Gasteiger partial charge in [-0.1, -0.05) is 12.1 Å². The van der Waals surface area contributed by atoms with Crippen LogP contribution in [-0.2, 0) is 6.42 Å². The monoisotopic (exact) mass is 238 g/mol. The molecular formula is C12H12ClFN2. The first-order valence-corrected chi connectivity index (χ1v) is 5.62. The highest BCUT2D eigenvalue weighted by molar-refractivity contribution is 6.17. The van der Waals surface area contributed by atoms with Crippen molar-refractivity contribution in [3.05, 3.63) is 41.6 Å². The predicted molar refractivity (Wildman–Crippen MR) is 63.1 cm³/mol. The van der Waals surface area contributed by atoms with E-state index >= 15 is 0 Å². The summed E-state index contributed by atoms with van der Waals surface area (Å²) in [6.45, 7) is 1.88. The second-order valence-corrected chi connectivity index (χ2v) is 3.95. The summed E-state index contributed by atoms with van der Waals surface area (Å²) in [6.07, 6.45) is 0.664. The van der Waals surface area contributed by atoms with Gasteiger partial charge < -0.3 is 4.98 Å². The molecular weight excluding hydrogens is 227 g/mol. The molecule has 2 aromatic rings. The molecule has 0 amide bonds. The Hall–Kier alpha value is -1.35. The maximum Gasteiger partial charge on any atom is 0.132 e. The van der Waals surface area contributed by atoms with Crippen LogP contribution in [0.15, 0.2) is 24.3 Å². The summed E-state index contributed by atoms with van der Waals surface area (Å²) in [4.78, 5) is 7.46. The van der Waals surface area contributed by atoms with E-state index in [9.17, 15) is 4.39 Å². The highest BCUT2D eigenvalue weighted by Crippen LogP contribution is 2.23. The minimum atomic E-state index is -0.255. The van der Waals surface area contributed by atoms with Gasteiger partial charge in [0.1, 0.15) is 11.6 Å². The fourth-order valence-corrected chi connectivity index (χ4v) is 1.82. The lowest BCUT2D eigenvalue weighted by molar-refractivity contribution is 0.630. The number of rotatable bonds is 3. The van der Waals surface area contributed by atoms with E-state index in [2.05, 4.69) is 9.97 Å². The van der Waals surface area contributed by atoms with Crippen LogP contribution in [0.5, 0.6) is 0 Å². The molecule has 1 heterocycles. The molecule has 0 aliphatic heterocycles. The molecule has 0 atom stereocenters. The number of nitrogens with zero attached hydrogens (tertiary/aromatic N) is 1. The van der Waals surface area contributed by atoms with Crippen LogP contribution < -0.4 is 0 Å². The summed E-state index contributed by atoms with van der Waals surface area (Å²) < 4.78 is 13.6. The summed E-state index contributed by atoms with van der Waals surface area (Å²) in [5, 5.41) is 0. The van der Waals surface area contributed by atoms with Crippen molar-refractivity contribution in [3.8, 4) is 11.3 Å². The SMILES string of the molecule is Cc1[nH]c(CCCl)nc1-c1ccccc1F. The Bertz CT molecular complexity index is 494. The molecule has 84 valence electrons. The Morgan fingerprint density at radius 3 is 2.81 bits per heavy atom. The third-order valence-electron chi connectivity index (χ3n) is 2.39. The number of aryl methyl sites for hydroxylation is 2. The molecule has 16 heavy (non-hydrogen) atoms. The maximum absolute atomic E-state index is 13.6. The fraction of sp³-hybridized carbons (Fsp3) is 0.250. The molecule has 0 aliphatic rings. The van der Waals surface area contributed by atoms with E-state index in [1.807, 2.05) is 6.92 Å². The summed E-state index contributed by atoms with van der Waals surface area (Å²) in [6, 6.07) is 6.63. The van der Waals surface area contributed by atoms with Gasteiger partial charge in [-0.15, -0.1) is 11.6 Å². The van der Waals surface area contributed by atoms with Crippen molar-refractivity contribution < 1.29 is 4.39 Å². The quantitative estimate of drug-likeness (QED) is 0.817. The topological polar surface area (TPSA) is 28.7 Å². The van der Waals surface area contributed by atoms with Gasteiger partial charge in [0.05, 0.1) is 5.69 Å². The van der Waals surface area contributed by atoms with E-state index in [1.165, 1.54) is 6.07 Å². The molecule has 1 N–H and O–H groups in total. The van der Waals surface area contributed by atoms with Gasteiger partial charge in [0.2, 0.25) is 0 Å². The third-order valence-corrected chi connectivity index (χ3v) is 2.58. The van der Waals surface area contributed by atoms with Crippen LogP contribution in [0.3, 0.4) is 0 Å². The molecule has 0 unspecified atom stereocenters. The van der Waals surface area contributed by atoms with E-state index in [0.29, 0.717) is 23.6 Å². The Morgan fingerprint density at radius 2 is 2.12 bits per heavy atom. The van der Waals surface area contributed by atoms with Gasteiger partial charge in [-0.05, 0) is 19.1 Å². The molecule has 0 bridgehead atoms. The molecule has 2 nitrogen and oxygen atoms in total. The van der Waals surface area contributed by atoms with Crippen LogP contribution >= 0.6 is 11.6 Å². The van der Waals surface area contributed by atoms with E-state index in [0.717, 1.165) is 11.5 Å². The van der Waals surface area contributed by atoms with Gasteiger partial charge in [0.25, 0.3) is 0 Å². The number of alkyl halides is 1. The number of nitrogens with one attached hydrogen (secondary N) is 1. The number of H-pyrrole nitrogens is 1. The zero-order valence-electron chi connectivity index (χ0n) is 8.93. The highest BCUT2D eigenvalue weighted by Gasteiger charge is 2.11. The van der Waals surface area contributed by atoms with Crippen molar-refractivity contribution >= 4 is 11.6 Å². The van der Waals surface area contributed by atoms with Crippen molar-refractivity contribution in [1.82, 2.24) is 9.97 Å². The number of hydrogen-bond acceptors (Lipinski definition) is 1. The first-order chi connectivity index (χ1) is 7.72. The maximum atomic E-state index is 13.6. The van der Waals surface area contributed by atoms with Crippen molar-refractivity contribution in [2.24, 2.45) is 0 Å². The predicted octanol–water partition coefficient (Wildman–Crippen LogP) is 3.31. The van der Waals surface area contributed by atoms with Crippen LogP contribution in [0.25, 0.3) is 11.3 Å². The smallest absolute Gasteiger partial charge is 0.132 e. The van der Waals surface area contributed by atoms with Crippen molar-refractivity contribution in [1.29, 1.82) is 0 Å². The molecule has 2 rings (SSSR count). The first-order valence-electron chi connectivity index (χ1n) is 5.08. The summed E-state index contributed by atoms with van der Waals surface area (Å²) in [7, 11) is 0. The minimum absolute atomic E-state index is 0.255. The Morgan fingerprint density at radius 1 is 1.38 bits per heavy atom. The number of aromatic nitrogens is 2. The Balaban J connectivity index is 2.44. The first kappa shape index (κ1) is 11.1. The molecule has 0 spiro atoms. The second kappa shape index (κ2) is 4.66. The van der Waals surface area contributed by atoms with E-state index in [-0.39, 0.29) is 5.82 Å². The standard InChI is InChI=1S/C12H12ClFN2/c1-8-12(16-11(15-8)6-7-13)9-4-2-3-5-10(9)14/h2-5H,6-7H2,1H3,(H,15,16).